The van der Waals surface area contributed by atoms with Crippen molar-refractivity contribution in [3.05, 3.63) is 35.9 Å². The number of hydrogen-bond acceptors (Lipinski definition) is 4. The molecule has 0 amide bonds. The third-order valence-corrected chi connectivity index (χ3v) is 2.91. The van der Waals surface area contributed by atoms with Crippen LogP contribution in [0.15, 0.2) is 35.3 Å². The highest BCUT2D eigenvalue weighted by Gasteiger charge is 2.32. The number of rotatable bonds is 3. The molecule has 0 spiro atoms. The predicted octanol–water partition coefficient (Wildman–Crippen LogP) is 2.03. The molecule has 0 aliphatic carbocycles. The van der Waals surface area contributed by atoms with E-state index in [-0.39, 0.29) is 18.0 Å². The molecule has 0 N–H and O–H groups in total. The minimum Gasteiger partial charge on any atom is -0.473 e. The molecule has 4 heteroatoms. The second-order valence-electron chi connectivity index (χ2n) is 4.19. The SMILES string of the molecule is CCOC(=O)C1CN=C(c2ccccc2)OC1C. The summed E-state index contributed by atoms with van der Waals surface area (Å²) in [6.45, 7) is 4.48. The lowest BCUT2D eigenvalue weighted by atomic mass is 10.0. The second kappa shape index (κ2) is 5.67. The van der Waals surface area contributed by atoms with Gasteiger partial charge in [0.25, 0.3) is 0 Å². The van der Waals surface area contributed by atoms with Crippen LogP contribution >= 0.6 is 0 Å². The van der Waals surface area contributed by atoms with Crippen LogP contribution in [0, 0.1) is 5.92 Å². The average molecular weight is 247 g/mol. The minimum atomic E-state index is -0.308. The Morgan fingerprint density at radius 1 is 1.44 bits per heavy atom. The molecule has 2 rings (SSSR count). The van der Waals surface area contributed by atoms with Gasteiger partial charge in [0.05, 0.1) is 13.2 Å². The van der Waals surface area contributed by atoms with E-state index >= 15 is 0 Å². The van der Waals surface area contributed by atoms with Crippen LogP contribution in [0.25, 0.3) is 0 Å². The van der Waals surface area contributed by atoms with E-state index in [0.717, 1.165) is 5.56 Å². The van der Waals surface area contributed by atoms with Gasteiger partial charge < -0.3 is 9.47 Å². The summed E-state index contributed by atoms with van der Waals surface area (Å²) in [5, 5.41) is 0. The van der Waals surface area contributed by atoms with Crippen LogP contribution < -0.4 is 0 Å². The predicted molar refractivity (Wildman–Crippen MR) is 68.5 cm³/mol. The van der Waals surface area contributed by atoms with Crippen molar-refractivity contribution < 1.29 is 14.3 Å². The number of esters is 1. The van der Waals surface area contributed by atoms with Gasteiger partial charge in [-0.1, -0.05) is 18.2 Å². The molecule has 0 radical (unpaired) electrons. The van der Waals surface area contributed by atoms with E-state index < -0.39 is 0 Å². The van der Waals surface area contributed by atoms with Crippen molar-refractivity contribution in [1.82, 2.24) is 0 Å². The number of ether oxygens (including phenoxy) is 2. The molecular formula is C14H17NO3. The molecular weight excluding hydrogens is 230 g/mol. The molecule has 18 heavy (non-hydrogen) atoms. The number of carbonyl (C=O) groups excluding carboxylic acids is 1. The number of hydrogen-bond donors (Lipinski definition) is 0. The molecule has 2 atom stereocenters. The molecule has 0 fully saturated rings. The maximum atomic E-state index is 11.7. The van der Waals surface area contributed by atoms with Crippen LogP contribution in [0.2, 0.25) is 0 Å². The van der Waals surface area contributed by atoms with E-state index in [1.54, 1.807) is 6.92 Å². The quantitative estimate of drug-likeness (QED) is 0.768. The molecule has 1 heterocycles. The van der Waals surface area contributed by atoms with Crippen molar-refractivity contribution in [1.29, 1.82) is 0 Å². The van der Waals surface area contributed by atoms with Crippen LogP contribution in [0.3, 0.4) is 0 Å². The molecule has 0 bridgehead atoms. The van der Waals surface area contributed by atoms with Gasteiger partial charge in [-0.3, -0.25) is 9.79 Å². The summed E-state index contributed by atoms with van der Waals surface area (Å²) < 4.78 is 10.7. The van der Waals surface area contributed by atoms with E-state index in [2.05, 4.69) is 4.99 Å². The van der Waals surface area contributed by atoms with Crippen LogP contribution in [0.1, 0.15) is 19.4 Å². The summed E-state index contributed by atoms with van der Waals surface area (Å²) in [6.07, 6.45) is -0.211. The third-order valence-electron chi connectivity index (χ3n) is 2.91. The molecule has 96 valence electrons. The van der Waals surface area contributed by atoms with Crippen molar-refractivity contribution in [2.24, 2.45) is 10.9 Å². The maximum Gasteiger partial charge on any atom is 0.314 e. The monoisotopic (exact) mass is 247 g/mol. The normalized spacial score (nSPS) is 22.9. The second-order valence-corrected chi connectivity index (χ2v) is 4.19. The highest BCUT2D eigenvalue weighted by Crippen LogP contribution is 2.19. The van der Waals surface area contributed by atoms with Gasteiger partial charge in [-0.15, -0.1) is 0 Å². The largest absolute Gasteiger partial charge is 0.473 e. The van der Waals surface area contributed by atoms with Crippen molar-refractivity contribution >= 4 is 11.9 Å². The van der Waals surface area contributed by atoms with E-state index in [9.17, 15) is 4.79 Å². The van der Waals surface area contributed by atoms with Crippen LogP contribution in [-0.2, 0) is 14.3 Å². The first-order valence-corrected chi connectivity index (χ1v) is 6.15. The Morgan fingerprint density at radius 2 is 2.17 bits per heavy atom. The van der Waals surface area contributed by atoms with Crippen LogP contribution in [0.5, 0.6) is 0 Å². The Bertz CT molecular complexity index is 442. The van der Waals surface area contributed by atoms with E-state index in [1.165, 1.54) is 0 Å². The lowest BCUT2D eigenvalue weighted by Gasteiger charge is -2.27. The van der Waals surface area contributed by atoms with Crippen LogP contribution in [-0.4, -0.2) is 31.1 Å². The first-order valence-electron chi connectivity index (χ1n) is 6.15. The van der Waals surface area contributed by atoms with Gasteiger partial charge in [0.15, 0.2) is 0 Å². The highest BCUT2D eigenvalue weighted by molar-refractivity contribution is 5.95. The van der Waals surface area contributed by atoms with Crippen molar-refractivity contribution in [3.8, 4) is 0 Å². The highest BCUT2D eigenvalue weighted by atomic mass is 16.5. The van der Waals surface area contributed by atoms with Crippen molar-refractivity contribution in [2.75, 3.05) is 13.2 Å². The molecule has 4 nitrogen and oxygen atoms in total. The smallest absolute Gasteiger partial charge is 0.314 e. The zero-order chi connectivity index (χ0) is 13.0. The summed E-state index contributed by atoms with van der Waals surface area (Å²) in [4.78, 5) is 16.0. The van der Waals surface area contributed by atoms with E-state index in [1.807, 2.05) is 37.3 Å². The number of carbonyl (C=O) groups is 1. The Morgan fingerprint density at radius 3 is 2.78 bits per heavy atom. The zero-order valence-corrected chi connectivity index (χ0v) is 10.6. The lowest BCUT2D eigenvalue weighted by molar-refractivity contribution is -0.151. The summed E-state index contributed by atoms with van der Waals surface area (Å²) in [5.41, 5.74) is 0.937. The van der Waals surface area contributed by atoms with E-state index in [0.29, 0.717) is 19.0 Å². The molecule has 0 saturated heterocycles. The molecule has 0 saturated carbocycles. The fraction of sp³-hybridized carbons (Fsp3) is 0.429. The minimum absolute atomic E-state index is 0.211. The molecule has 1 aliphatic rings. The fourth-order valence-corrected chi connectivity index (χ4v) is 1.88. The Labute approximate surface area is 107 Å². The standard InChI is InChI=1S/C14H17NO3/c1-3-17-14(16)12-9-15-13(18-10(12)2)11-7-5-4-6-8-11/h4-8,10,12H,3,9H2,1-2H3. The van der Waals surface area contributed by atoms with E-state index in [4.69, 9.17) is 9.47 Å². The Hall–Kier alpha value is -1.84. The first-order chi connectivity index (χ1) is 8.72. The number of benzene rings is 1. The lowest BCUT2D eigenvalue weighted by Crippen LogP contribution is -2.37. The maximum absolute atomic E-state index is 11.7. The zero-order valence-electron chi connectivity index (χ0n) is 10.6. The first kappa shape index (κ1) is 12.6. The van der Waals surface area contributed by atoms with Gasteiger partial charge in [-0.25, -0.2) is 0 Å². The molecule has 1 aromatic rings. The van der Waals surface area contributed by atoms with Gasteiger partial charge >= 0.3 is 5.97 Å². The Balaban J connectivity index is 2.10. The summed E-state index contributed by atoms with van der Waals surface area (Å²) in [5.74, 6) is 0.0573. The average Bonchev–Trinajstić information content (AvgIpc) is 2.40. The summed E-state index contributed by atoms with van der Waals surface area (Å²) in [6, 6.07) is 9.69. The van der Waals surface area contributed by atoms with Gasteiger partial charge in [0.1, 0.15) is 12.0 Å². The van der Waals surface area contributed by atoms with Gasteiger partial charge in [0.2, 0.25) is 5.90 Å². The molecule has 2 unspecified atom stereocenters. The van der Waals surface area contributed by atoms with Gasteiger partial charge in [0, 0.05) is 5.56 Å². The number of nitrogens with zero attached hydrogens (tertiary/aromatic N) is 1. The molecule has 1 aromatic carbocycles. The summed E-state index contributed by atoms with van der Waals surface area (Å²) in [7, 11) is 0. The van der Waals surface area contributed by atoms with Crippen LogP contribution in [0.4, 0.5) is 0 Å². The number of aliphatic imine (C=N–C) groups is 1. The van der Waals surface area contributed by atoms with Gasteiger partial charge in [-0.05, 0) is 26.0 Å². The van der Waals surface area contributed by atoms with Crippen molar-refractivity contribution in [3.63, 3.8) is 0 Å². The topological polar surface area (TPSA) is 47.9 Å². The molecule has 1 aliphatic heterocycles. The molecule has 0 aromatic heterocycles. The van der Waals surface area contributed by atoms with Gasteiger partial charge in [-0.2, -0.15) is 0 Å². The third kappa shape index (κ3) is 2.70. The Kier molecular flexibility index (Phi) is 3.97. The fourth-order valence-electron chi connectivity index (χ4n) is 1.88. The summed E-state index contributed by atoms with van der Waals surface area (Å²) >= 11 is 0. The van der Waals surface area contributed by atoms with Crippen molar-refractivity contribution in [2.45, 2.75) is 20.0 Å².